The zero-order chi connectivity index (χ0) is 33.8. The fraction of sp³-hybridized carbons (Fsp3) is 0.486. The van der Waals surface area contributed by atoms with Gasteiger partial charge in [-0.05, 0) is 88.8 Å². The standard InChI is InChI=1S/C35H41ClN4O7S/c1-21(2)39-15-13-25(14-16-39)37-33(41)29-18-24-17-23(34(42)44-22(3)45-35(43)46-27-7-5-4-6-8-27)9-10-28(24)40(29)20-26-19-30(47-38-26)31-11-12-32(36)48-31/h9-12,17-19,21-22,25,27H,4-8,13-16,20H2,1-3H3,(H,37,41). The number of likely N-dealkylation sites (tertiary alicyclic amines) is 1. The number of nitrogens with one attached hydrogen (secondary N) is 1. The van der Waals surface area contributed by atoms with Gasteiger partial charge >= 0.3 is 12.1 Å². The van der Waals surface area contributed by atoms with E-state index in [1.165, 1.54) is 18.3 Å². The zero-order valence-corrected chi connectivity index (χ0v) is 29.0. The van der Waals surface area contributed by atoms with Crippen molar-refractivity contribution in [2.45, 2.75) is 96.7 Å². The largest absolute Gasteiger partial charge is 0.511 e. The molecule has 1 unspecified atom stereocenters. The van der Waals surface area contributed by atoms with Gasteiger partial charge in [0.15, 0.2) is 5.76 Å². The summed E-state index contributed by atoms with van der Waals surface area (Å²) in [5.74, 6) is -0.280. The molecule has 1 atom stereocenters. The third-order valence-corrected chi connectivity index (χ3v) is 10.3. The summed E-state index contributed by atoms with van der Waals surface area (Å²) in [7, 11) is 0. The van der Waals surface area contributed by atoms with E-state index in [2.05, 4.69) is 29.2 Å². The van der Waals surface area contributed by atoms with Crippen LogP contribution in [0.4, 0.5) is 4.79 Å². The minimum atomic E-state index is -1.14. The van der Waals surface area contributed by atoms with E-state index in [4.69, 9.17) is 30.3 Å². The van der Waals surface area contributed by atoms with Gasteiger partial charge in [-0.3, -0.25) is 4.79 Å². The van der Waals surface area contributed by atoms with Crippen LogP contribution in [0.2, 0.25) is 4.34 Å². The molecule has 1 N–H and O–H groups in total. The Balaban J connectivity index is 1.19. The van der Waals surface area contributed by atoms with Crippen molar-refractivity contribution >= 4 is 51.9 Å². The summed E-state index contributed by atoms with van der Waals surface area (Å²) in [4.78, 5) is 42.4. The quantitative estimate of drug-likeness (QED) is 0.131. The van der Waals surface area contributed by atoms with Gasteiger partial charge in [0.2, 0.25) is 6.29 Å². The van der Waals surface area contributed by atoms with E-state index in [9.17, 15) is 14.4 Å². The van der Waals surface area contributed by atoms with Crippen LogP contribution < -0.4 is 5.32 Å². The predicted octanol–water partition coefficient (Wildman–Crippen LogP) is 7.65. The van der Waals surface area contributed by atoms with E-state index in [-0.39, 0.29) is 30.2 Å². The van der Waals surface area contributed by atoms with Crippen LogP contribution in [0.1, 0.15) is 92.3 Å². The number of piperidine rings is 1. The molecule has 1 aliphatic heterocycles. The molecule has 4 heterocycles. The second-order valence-electron chi connectivity index (χ2n) is 12.8. The van der Waals surface area contributed by atoms with Gasteiger partial charge in [-0.25, -0.2) is 9.59 Å². The zero-order valence-electron chi connectivity index (χ0n) is 27.4. The molecular weight excluding hydrogens is 656 g/mol. The summed E-state index contributed by atoms with van der Waals surface area (Å²) < 4.78 is 24.1. The molecule has 13 heteroatoms. The molecule has 3 aromatic heterocycles. The van der Waals surface area contributed by atoms with Crippen molar-refractivity contribution in [1.29, 1.82) is 0 Å². The van der Waals surface area contributed by atoms with E-state index in [0.717, 1.165) is 68.4 Å². The van der Waals surface area contributed by atoms with Gasteiger partial charge in [-0.15, -0.1) is 11.3 Å². The van der Waals surface area contributed by atoms with Crippen LogP contribution >= 0.6 is 22.9 Å². The molecule has 11 nitrogen and oxygen atoms in total. The highest BCUT2D eigenvalue weighted by atomic mass is 35.5. The fourth-order valence-corrected chi connectivity index (χ4v) is 7.40. The highest BCUT2D eigenvalue weighted by Crippen LogP contribution is 2.32. The third kappa shape index (κ3) is 8.22. The Kier molecular flexibility index (Phi) is 10.7. The van der Waals surface area contributed by atoms with Gasteiger partial charge < -0.3 is 33.5 Å². The Bertz CT molecular complexity index is 1750. The second kappa shape index (κ2) is 15.1. The molecule has 6 rings (SSSR count). The molecule has 1 aromatic carbocycles. The summed E-state index contributed by atoms with van der Waals surface area (Å²) in [6.45, 7) is 7.95. The van der Waals surface area contributed by atoms with Crippen LogP contribution in [-0.2, 0) is 20.8 Å². The number of esters is 1. The van der Waals surface area contributed by atoms with Crippen molar-refractivity contribution in [1.82, 2.24) is 19.9 Å². The summed E-state index contributed by atoms with van der Waals surface area (Å²) in [5.41, 5.74) is 2.05. The van der Waals surface area contributed by atoms with Crippen molar-refractivity contribution in [2.24, 2.45) is 0 Å². The Hall–Kier alpha value is -3.87. The number of rotatable bonds is 10. The molecule has 2 aliphatic rings. The number of thiophene rings is 1. The molecule has 256 valence electrons. The summed E-state index contributed by atoms with van der Waals surface area (Å²) in [6.07, 6.45) is 4.34. The van der Waals surface area contributed by atoms with Gasteiger partial charge in [0.25, 0.3) is 5.91 Å². The molecule has 0 radical (unpaired) electrons. The summed E-state index contributed by atoms with van der Waals surface area (Å²) in [6, 6.07) is 12.9. The molecule has 1 saturated carbocycles. The molecule has 2 fully saturated rings. The molecule has 48 heavy (non-hydrogen) atoms. The Morgan fingerprint density at radius 3 is 2.48 bits per heavy atom. The van der Waals surface area contributed by atoms with E-state index in [1.807, 2.05) is 16.7 Å². The molecule has 1 amide bonds. The third-order valence-electron chi connectivity index (χ3n) is 9.01. The van der Waals surface area contributed by atoms with Crippen LogP contribution in [0, 0.1) is 0 Å². The average Bonchev–Trinajstić information content (AvgIpc) is 3.80. The van der Waals surface area contributed by atoms with E-state index < -0.39 is 18.4 Å². The van der Waals surface area contributed by atoms with Gasteiger partial charge in [-0.2, -0.15) is 0 Å². The molecule has 0 bridgehead atoms. The number of hydrogen-bond acceptors (Lipinski definition) is 10. The summed E-state index contributed by atoms with van der Waals surface area (Å²) in [5, 5.41) is 8.17. The highest BCUT2D eigenvalue weighted by Gasteiger charge is 2.26. The second-order valence-corrected chi connectivity index (χ2v) is 14.5. The first-order chi connectivity index (χ1) is 23.1. The monoisotopic (exact) mass is 696 g/mol. The topological polar surface area (TPSA) is 125 Å². The predicted molar refractivity (Wildman–Crippen MR) is 182 cm³/mol. The van der Waals surface area contributed by atoms with Crippen molar-refractivity contribution < 1.29 is 33.1 Å². The number of fused-ring (bicyclic) bond motifs is 1. The number of ether oxygens (including phenoxy) is 3. The van der Waals surface area contributed by atoms with Crippen LogP contribution in [-0.4, -0.2) is 70.2 Å². The van der Waals surface area contributed by atoms with E-state index >= 15 is 0 Å². The summed E-state index contributed by atoms with van der Waals surface area (Å²) >= 11 is 7.51. The van der Waals surface area contributed by atoms with Gasteiger partial charge in [-0.1, -0.05) is 23.2 Å². The first-order valence-electron chi connectivity index (χ1n) is 16.6. The van der Waals surface area contributed by atoms with Crippen molar-refractivity contribution in [3.05, 3.63) is 63.8 Å². The number of amides is 1. The highest BCUT2D eigenvalue weighted by molar-refractivity contribution is 7.19. The number of hydrogen-bond donors (Lipinski definition) is 1. The number of benzene rings is 1. The lowest BCUT2D eigenvalue weighted by Gasteiger charge is -2.34. The average molecular weight is 697 g/mol. The van der Waals surface area contributed by atoms with E-state index in [0.29, 0.717) is 32.9 Å². The number of nitrogens with zero attached hydrogens (tertiary/aromatic N) is 3. The lowest BCUT2D eigenvalue weighted by molar-refractivity contribution is -0.0914. The molecule has 1 saturated heterocycles. The van der Waals surface area contributed by atoms with Gasteiger partial charge in [0.05, 0.1) is 21.3 Å². The number of aromatic nitrogens is 2. The smallest absolute Gasteiger partial charge is 0.431 e. The number of carbonyl (C=O) groups excluding carboxylic acids is 3. The molecule has 1 aliphatic carbocycles. The fourth-order valence-electron chi connectivity index (χ4n) is 6.41. The molecule has 0 spiro atoms. The maximum absolute atomic E-state index is 13.8. The van der Waals surface area contributed by atoms with Crippen molar-refractivity contribution in [3.63, 3.8) is 0 Å². The first kappa shape index (κ1) is 34.0. The normalized spacial score (nSPS) is 17.0. The Labute approximate surface area is 288 Å². The maximum atomic E-state index is 13.8. The molecule has 4 aromatic rings. The van der Waals surface area contributed by atoms with Crippen LogP contribution in [0.3, 0.4) is 0 Å². The number of carbonyl (C=O) groups is 3. The maximum Gasteiger partial charge on any atom is 0.511 e. The van der Waals surface area contributed by atoms with Gasteiger partial charge in [0, 0.05) is 49.1 Å². The molecular formula is C35H41ClN4O7S. The lowest BCUT2D eigenvalue weighted by Crippen LogP contribution is -2.46. The minimum Gasteiger partial charge on any atom is -0.431 e. The van der Waals surface area contributed by atoms with Crippen LogP contribution in [0.15, 0.2) is 47.0 Å². The van der Waals surface area contributed by atoms with Crippen LogP contribution in [0.25, 0.3) is 21.5 Å². The Morgan fingerprint density at radius 1 is 1.00 bits per heavy atom. The number of halogens is 1. The first-order valence-corrected chi connectivity index (χ1v) is 17.8. The lowest BCUT2D eigenvalue weighted by atomic mass is 9.98. The Morgan fingerprint density at radius 2 is 1.77 bits per heavy atom. The van der Waals surface area contributed by atoms with Crippen molar-refractivity contribution in [3.8, 4) is 10.6 Å². The van der Waals surface area contributed by atoms with Crippen LogP contribution in [0.5, 0.6) is 0 Å². The van der Waals surface area contributed by atoms with Crippen molar-refractivity contribution in [2.75, 3.05) is 13.1 Å². The van der Waals surface area contributed by atoms with E-state index in [1.54, 1.807) is 30.3 Å². The van der Waals surface area contributed by atoms with Gasteiger partial charge in [0.1, 0.15) is 17.5 Å². The minimum absolute atomic E-state index is 0.0537. The SMILES string of the molecule is CC(OC(=O)OC1CCCCC1)OC(=O)c1ccc2c(c1)cc(C(=O)NC1CCN(C(C)C)CC1)n2Cc1cc(-c2ccc(Cl)s2)on1.